The van der Waals surface area contributed by atoms with Crippen molar-refractivity contribution in [3.8, 4) is 0 Å². The summed E-state index contributed by atoms with van der Waals surface area (Å²) in [6.07, 6.45) is 25.2. The van der Waals surface area contributed by atoms with E-state index < -0.39 is 32.5 Å². The Balaban J connectivity index is 4.13. The molecule has 2 atom stereocenters. The van der Waals surface area contributed by atoms with E-state index in [0.717, 1.165) is 51.4 Å². The summed E-state index contributed by atoms with van der Waals surface area (Å²) >= 11 is 0. The summed E-state index contributed by atoms with van der Waals surface area (Å²) in [7, 11) is 1.44. The molecular weight excluding hydrogens is 533 g/mol. The highest BCUT2D eigenvalue weighted by Gasteiger charge is 2.26. The fourth-order valence-corrected chi connectivity index (χ4v) is 3.94. The van der Waals surface area contributed by atoms with Gasteiger partial charge in [-0.1, -0.05) is 68.4 Å². The number of esters is 2. The zero-order valence-corrected chi connectivity index (χ0v) is 26.2. The van der Waals surface area contributed by atoms with Gasteiger partial charge in [0, 0.05) is 13.3 Å². The lowest BCUT2D eigenvalue weighted by Gasteiger charge is -2.24. The largest absolute Gasteiger partial charge is 0.472 e. The third-order valence-corrected chi connectivity index (χ3v) is 6.42. The molecule has 0 aliphatic carbocycles. The molecule has 0 aliphatic heterocycles. The summed E-state index contributed by atoms with van der Waals surface area (Å²) in [4.78, 5) is 33.3. The Hall–Kier alpha value is -2.03. The molecule has 0 saturated heterocycles. The molecule has 0 aliphatic rings. The Kier molecular flexibility index (Phi) is 22.5. The molecule has 0 bridgehead atoms. The standard InChI is InChI=1S/C30H52NO8P/c1-6-7-8-9-10-11-12-13-14-15-16-17-18-19-20-21-22-23-30(33)39-29(26-36-28(2)32)27-38-40(34,35)37-25-24-31(3,4)5/h7-8,10-11,13-14,16-17,29H,6,9,12,15,18-27H2,1-5H3/p+1/b8-7-,11-10-,14-13-,17-16-. The minimum Gasteiger partial charge on any atom is -0.462 e. The number of nitrogens with zero attached hydrogens (tertiary/aromatic N) is 1. The monoisotopic (exact) mass is 586 g/mol. The maximum atomic E-state index is 12.3. The zero-order chi connectivity index (χ0) is 30.1. The minimum atomic E-state index is -4.33. The first-order valence-electron chi connectivity index (χ1n) is 14.3. The maximum absolute atomic E-state index is 12.3. The Morgan fingerprint density at radius 2 is 1.40 bits per heavy atom. The average Bonchev–Trinajstić information content (AvgIpc) is 2.86. The van der Waals surface area contributed by atoms with Crippen LogP contribution < -0.4 is 0 Å². The molecule has 10 heteroatoms. The van der Waals surface area contributed by atoms with Crippen LogP contribution in [0.2, 0.25) is 0 Å². The van der Waals surface area contributed by atoms with Crippen molar-refractivity contribution in [3.05, 3.63) is 48.6 Å². The van der Waals surface area contributed by atoms with E-state index >= 15 is 0 Å². The van der Waals surface area contributed by atoms with Gasteiger partial charge in [0.15, 0.2) is 6.10 Å². The summed E-state index contributed by atoms with van der Waals surface area (Å²) < 4.78 is 32.8. The minimum absolute atomic E-state index is 0.0218. The number of hydrogen-bond acceptors (Lipinski definition) is 7. The molecule has 0 saturated carbocycles. The van der Waals surface area contributed by atoms with Crippen molar-refractivity contribution in [1.82, 2.24) is 0 Å². The number of hydrogen-bond donors (Lipinski definition) is 1. The van der Waals surface area contributed by atoms with Crippen molar-refractivity contribution in [2.75, 3.05) is 47.5 Å². The highest BCUT2D eigenvalue weighted by Crippen LogP contribution is 2.43. The van der Waals surface area contributed by atoms with Crippen LogP contribution in [0.5, 0.6) is 0 Å². The van der Waals surface area contributed by atoms with Crippen LogP contribution in [0.15, 0.2) is 48.6 Å². The Labute approximate surface area is 242 Å². The average molecular weight is 587 g/mol. The Morgan fingerprint density at radius 3 is 1.98 bits per heavy atom. The fourth-order valence-electron chi connectivity index (χ4n) is 3.20. The van der Waals surface area contributed by atoms with Crippen LogP contribution in [0.4, 0.5) is 0 Å². The predicted octanol–water partition coefficient (Wildman–Crippen LogP) is 6.45. The molecule has 0 radical (unpaired) electrons. The van der Waals surface area contributed by atoms with Gasteiger partial charge in [-0.3, -0.25) is 18.6 Å². The first-order chi connectivity index (χ1) is 18.9. The van der Waals surface area contributed by atoms with E-state index in [-0.39, 0.29) is 19.6 Å². The molecule has 0 heterocycles. The van der Waals surface area contributed by atoms with Crippen molar-refractivity contribution in [1.29, 1.82) is 0 Å². The molecule has 0 aromatic heterocycles. The first-order valence-corrected chi connectivity index (χ1v) is 15.8. The third kappa shape index (κ3) is 27.5. The lowest BCUT2D eigenvalue weighted by Crippen LogP contribution is -2.37. The van der Waals surface area contributed by atoms with Crippen LogP contribution in [0.25, 0.3) is 0 Å². The van der Waals surface area contributed by atoms with Crippen molar-refractivity contribution in [3.63, 3.8) is 0 Å². The van der Waals surface area contributed by atoms with Crippen LogP contribution >= 0.6 is 7.82 Å². The number of likely N-dealkylation sites (N-methyl/N-ethyl adjacent to an activating group) is 1. The molecule has 9 nitrogen and oxygen atoms in total. The highest BCUT2D eigenvalue weighted by atomic mass is 31.2. The predicted molar refractivity (Wildman–Crippen MR) is 160 cm³/mol. The first kappa shape index (κ1) is 38.0. The van der Waals surface area contributed by atoms with E-state index in [1.54, 1.807) is 0 Å². The molecule has 230 valence electrons. The smallest absolute Gasteiger partial charge is 0.462 e. The van der Waals surface area contributed by atoms with Gasteiger partial charge >= 0.3 is 19.8 Å². The van der Waals surface area contributed by atoms with Gasteiger partial charge in [0.2, 0.25) is 0 Å². The van der Waals surface area contributed by atoms with Crippen LogP contribution in [0.3, 0.4) is 0 Å². The summed E-state index contributed by atoms with van der Waals surface area (Å²) in [5, 5.41) is 0. The van der Waals surface area contributed by atoms with Crippen molar-refractivity contribution < 1.29 is 42.1 Å². The molecule has 0 aromatic carbocycles. The number of ether oxygens (including phenoxy) is 2. The van der Waals surface area contributed by atoms with Crippen LogP contribution in [0, 0.1) is 0 Å². The molecule has 40 heavy (non-hydrogen) atoms. The van der Waals surface area contributed by atoms with Gasteiger partial charge in [0.25, 0.3) is 0 Å². The molecule has 0 rings (SSSR count). The number of unbranched alkanes of at least 4 members (excludes halogenated alkanes) is 4. The van der Waals surface area contributed by atoms with Crippen molar-refractivity contribution in [2.24, 2.45) is 0 Å². The van der Waals surface area contributed by atoms with Gasteiger partial charge in [-0.2, -0.15) is 0 Å². The number of allylic oxidation sites excluding steroid dienone is 8. The van der Waals surface area contributed by atoms with E-state index in [0.29, 0.717) is 17.4 Å². The van der Waals surface area contributed by atoms with Crippen LogP contribution in [-0.4, -0.2) is 74.9 Å². The number of rotatable bonds is 24. The third-order valence-electron chi connectivity index (χ3n) is 5.43. The second-order valence-electron chi connectivity index (χ2n) is 10.5. The van der Waals surface area contributed by atoms with E-state index in [1.807, 2.05) is 21.1 Å². The molecule has 2 unspecified atom stereocenters. The summed E-state index contributed by atoms with van der Waals surface area (Å²) in [6, 6.07) is 0. The summed E-state index contributed by atoms with van der Waals surface area (Å²) in [5.41, 5.74) is 0. The Bertz CT molecular complexity index is 845. The molecular formula is C30H53NO8P+. The van der Waals surface area contributed by atoms with Crippen LogP contribution in [-0.2, 0) is 32.7 Å². The van der Waals surface area contributed by atoms with E-state index in [2.05, 4.69) is 55.5 Å². The topological polar surface area (TPSA) is 108 Å². The van der Waals surface area contributed by atoms with Gasteiger partial charge in [-0.05, 0) is 44.9 Å². The summed E-state index contributed by atoms with van der Waals surface area (Å²) in [6.45, 7) is 3.19. The van der Waals surface area contributed by atoms with Crippen LogP contribution in [0.1, 0.15) is 78.1 Å². The maximum Gasteiger partial charge on any atom is 0.472 e. The van der Waals surface area contributed by atoms with Gasteiger partial charge in [0.05, 0.1) is 27.7 Å². The van der Waals surface area contributed by atoms with Crippen molar-refractivity contribution >= 4 is 19.8 Å². The van der Waals surface area contributed by atoms with E-state index in [4.69, 9.17) is 18.5 Å². The number of quaternary nitrogens is 1. The number of phosphoric ester groups is 1. The fraction of sp³-hybridized carbons (Fsp3) is 0.667. The zero-order valence-electron chi connectivity index (χ0n) is 25.3. The molecule has 0 fully saturated rings. The molecule has 0 spiro atoms. The lowest BCUT2D eigenvalue weighted by atomic mass is 10.1. The second kappa shape index (κ2) is 23.7. The van der Waals surface area contributed by atoms with Gasteiger partial charge in [-0.25, -0.2) is 4.57 Å². The van der Waals surface area contributed by atoms with E-state index in [1.165, 1.54) is 6.92 Å². The molecule has 0 aromatic rings. The second-order valence-corrected chi connectivity index (χ2v) is 11.9. The van der Waals surface area contributed by atoms with Gasteiger partial charge < -0.3 is 18.9 Å². The quantitative estimate of drug-likeness (QED) is 0.0452. The van der Waals surface area contributed by atoms with Gasteiger partial charge in [0.1, 0.15) is 19.8 Å². The SMILES string of the molecule is CC/C=C\C/C=C\C/C=C\C/C=C\CCCCCCC(=O)OC(COC(C)=O)COP(=O)(O)OCC[N+](C)(C)C. The number of carbonyl (C=O) groups is 2. The molecule has 1 N–H and O–H groups in total. The normalized spacial score (nSPS) is 14.8. The number of phosphoric acid groups is 1. The van der Waals surface area contributed by atoms with Crippen molar-refractivity contribution in [2.45, 2.75) is 84.2 Å². The summed E-state index contributed by atoms with van der Waals surface area (Å²) in [5.74, 6) is -1.03. The lowest BCUT2D eigenvalue weighted by molar-refractivity contribution is -0.870. The Morgan fingerprint density at radius 1 is 0.825 bits per heavy atom. The number of carbonyl (C=O) groups excluding carboxylic acids is 2. The molecule has 0 amide bonds. The van der Waals surface area contributed by atoms with E-state index in [9.17, 15) is 19.0 Å². The highest BCUT2D eigenvalue weighted by molar-refractivity contribution is 7.47. The van der Waals surface area contributed by atoms with Gasteiger partial charge in [-0.15, -0.1) is 0 Å².